The largest absolute Gasteiger partial charge is 0.508 e. The fraction of sp³-hybridized carbons (Fsp3) is 0.238. The molecule has 5 rings (SSSR count). The fourth-order valence-corrected chi connectivity index (χ4v) is 5.11. The van der Waals surface area contributed by atoms with Gasteiger partial charge in [-0.15, -0.1) is 11.3 Å². The number of carbonyl (C=O) groups is 1. The van der Waals surface area contributed by atoms with Crippen LogP contribution in [0.15, 0.2) is 57.6 Å². The molecular weight excluding hydrogens is 360 g/mol. The van der Waals surface area contributed by atoms with E-state index < -0.39 is 0 Å². The van der Waals surface area contributed by atoms with Crippen LogP contribution < -0.4 is 5.32 Å². The monoisotopic (exact) mass is 378 g/mol. The molecular formula is C21H18N2O3S. The highest BCUT2D eigenvalue weighted by Crippen LogP contribution is 2.50. The Bertz CT molecular complexity index is 1070. The van der Waals surface area contributed by atoms with E-state index >= 15 is 0 Å². The van der Waals surface area contributed by atoms with Gasteiger partial charge >= 0.3 is 0 Å². The lowest BCUT2D eigenvalue weighted by molar-refractivity contribution is -0.116. The number of phenolic OH excluding ortho intramolecular Hbond substituents is 1. The van der Waals surface area contributed by atoms with Crippen molar-refractivity contribution in [2.45, 2.75) is 31.6 Å². The summed E-state index contributed by atoms with van der Waals surface area (Å²) in [6.07, 6.45) is 1.04. The first kappa shape index (κ1) is 16.3. The Kier molecular flexibility index (Phi) is 3.68. The van der Waals surface area contributed by atoms with Crippen LogP contribution in [0.4, 0.5) is 5.88 Å². The van der Waals surface area contributed by atoms with Crippen LogP contribution in [0.1, 0.15) is 46.4 Å². The molecule has 27 heavy (non-hydrogen) atoms. The quantitative estimate of drug-likeness (QED) is 0.675. The van der Waals surface area contributed by atoms with E-state index in [4.69, 9.17) is 4.52 Å². The van der Waals surface area contributed by atoms with Gasteiger partial charge in [0.1, 0.15) is 5.75 Å². The third-order valence-electron chi connectivity index (χ3n) is 5.46. The summed E-state index contributed by atoms with van der Waals surface area (Å²) in [4.78, 5) is 14.4. The van der Waals surface area contributed by atoms with Crippen molar-refractivity contribution in [3.63, 3.8) is 0 Å². The second-order valence-electron chi connectivity index (χ2n) is 7.06. The van der Waals surface area contributed by atoms with E-state index in [9.17, 15) is 9.90 Å². The topological polar surface area (TPSA) is 75.4 Å². The van der Waals surface area contributed by atoms with E-state index in [1.165, 1.54) is 0 Å². The summed E-state index contributed by atoms with van der Waals surface area (Å²) in [5, 5.41) is 19.7. The highest BCUT2D eigenvalue weighted by atomic mass is 32.1. The normalized spacial score (nSPS) is 21.6. The molecule has 6 heteroatoms. The lowest BCUT2D eigenvalue weighted by Crippen LogP contribution is -2.29. The number of anilines is 1. The minimum Gasteiger partial charge on any atom is -0.508 e. The highest BCUT2D eigenvalue weighted by Gasteiger charge is 2.41. The van der Waals surface area contributed by atoms with Crippen molar-refractivity contribution in [1.82, 2.24) is 5.16 Å². The summed E-state index contributed by atoms with van der Waals surface area (Å²) < 4.78 is 5.51. The lowest BCUT2D eigenvalue weighted by Gasteiger charge is -2.34. The van der Waals surface area contributed by atoms with Gasteiger partial charge in [-0.25, -0.2) is 0 Å². The average Bonchev–Trinajstić information content (AvgIpc) is 3.31. The van der Waals surface area contributed by atoms with Gasteiger partial charge in [-0.05, 0) is 36.4 Å². The maximum absolute atomic E-state index is 13.2. The van der Waals surface area contributed by atoms with Gasteiger partial charge in [0.25, 0.3) is 0 Å². The number of aromatic nitrogens is 1. The number of hydrogen-bond donors (Lipinski definition) is 2. The van der Waals surface area contributed by atoms with Crippen LogP contribution in [0.3, 0.4) is 0 Å². The van der Waals surface area contributed by atoms with Crippen molar-refractivity contribution in [2.75, 3.05) is 5.32 Å². The number of Topliss-reactive ketones (excluding diaryl/α,β-unsaturated/α-hetero) is 1. The number of aryl methyl sites for hydroxylation is 1. The zero-order valence-electron chi connectivity index (χ0n) is 14.7. The molecule has 5 nitrogen and oxygen atoms in total. The summed E-state index contributed by atoms with van der Waals surface area (Å²) >= 11 is 1.64. The Morgan fingerprint density at radius 2 is 2.07 bits per heavy atom. The minimum atomic E-state index is -0.139. The summed E-state index contributed by atoms with van der Waals surface area (Å²) in [5.74, 6) is 0.776. The number of benzene rings is 1. The molecule has 1 aromatic carbocycles. The molecule has 2 aromatic heterocycles. The second kappa shape index (κ2) is 6.09. The number of allylic oxidation sites excluding steroid dienone is 2. The molecule has 1 aliphatic heterocycles. The van der Waals surface area contributed by atoms with E-state index in [2.05, 4.69) is 16.5 Å². The van der Waals surface area contributed by atoms with Crippen molar-refractivity contribution in [1.29, 1.82) is 0 Å². The van der Waals surface area contributed by atoms with Crippen molar-refractivity contribution in [3.05, 3.63) is 74.7 Å². The van der Waals surface area contributed by atoms with E-state index in [-0.39, 0.29) is 23.4 Å². The number of nitrogens with zero attached hydrogens (tertiary/aromatic N) is 1. The van der Waals surface area contributed by atoms with Crippen LogP contribution in [0.5, 0.6) is 5.75 Å². The van der Waals surface area contributed by atoms with Crippen LogP contribution in [0, 0.1) is 6.92 Å². The van der Waals surface area contributed by atoms with Crippen LogP contribution in [-0.4, -0.2) is 16.0 Å². The molecule has 0 saturated heterocycles. The van der Waals surface area contributed by atoms with Gasteiger partial charge in [0.05, 0.1) is 17.2 Å². The first-order valence-electron chi connectivity index (χ1n) is 8.94. The molecule has 2 atom stereocenters. The summed E-state index contributed by atoms with van der Waals surface area (Å²) in [5.41, 5.74) is 4.25. The van der Waals surface area contributed by atoms with E-state index in [1.807, 2.05) is 30.5 Å². The van der Waals surface area contributed by atoms with Gasteiger partial charge in [0, 0.05) is 28.5 Å². The van der Waals surface area contributed by atoms with Gasteiger partial charge in [-0.1, -0.05) is 29.4 Å². The molecule has 2 unspecified atom stereocenters. The van der Waals surface area contributed by atoms with Crippen molar-refractivity contribution < 1.29 is 14.4 Å². The molecule has 1 aliphatic carbocycles. The summed E-state index contributed by atoms with van der Waals surface area (Å²) in [7, 11) is 0. The number of carbonyl (C=O) groups excluding carboxylic acids is 1. The summed E-state index contributed by atoms with van der Waals surface area (Å²) in [6.45, 7) is 1.91. The molecule has 3 heterocycles. The molecule has 2 aliphatic rings. The number of aromatic hydroxyl groups is 1. The smallest absolute Gasteiger partial charge is 0.233 e. The first-order chi connectivity index (χ1) is 13.1. The molecule has 0 saturated carbocycles. The molecule has 3 aromatic rings. The maximum Gasteiger partial charge on any atom is 0.233 e. The lowest BCUT2D eigenvalue weighted by atomic mass is 9.74. The standard InChI is InChI=1S/C21H18N2O3S/c1-11-18-20(17-7-4-8-27-17)19-14(22-21(18)26-23-11)9-12(10-16(19)25)13-5-2-3-6-15(13)24/h2-8,12,20,22,24H,9-10H2,1H3. The molecule has 0 bridgehead atoms. The Hall–Kier alpha value is -2.86. The van der Waals surface area contributed by atoms with Crippen LogP contribution in [0.2, 0.25) is 0 Å². The number of hydrogen-bond acceptors (Lipinski definition) is 6. The number of nitrogens with one attached hydrogen (secondary N) is 1. The van der Waals surface area contributed by atoms with Crippen LogP contribution in [-0.2, 0) is 4.79 Å². The predicted octanol–water partition coefficient (Wildman–Crippen LogP) is 4.71. The molecule has 0 amide bonds. The van der Waals surface area contributed by atoms with E-state index in [0.29, 0.717) is 18.7 Å². The Morgan fingerprint density at radius 3 is 2.85 bits per heavy atom. The first-order valence-corrected chi connectivity index (χ1v) is 9.82. The van der Waals surface area contributed by atoms with E-state index in [1.54, 1.807) is 23.5 Å². The molecule has 2 N–H and O–H groups in total. The predicted molar refractivity (Wildman–Crippen MR) is 103 cm³/mol. The molecule has 0 fully saturated rings. The van der Waals surface area contributed by atoms with Crippen molar-refractivity contribution >= 4 is 23.0 Å². The maximum atomic E-state index is 13.2. The average molecular weight is 378 g/mol. The number of ketones is 1. The third kappa shape index (κ3) is 2.51. The Balaban J connectivity index is 1.63. The highest BCUT2D eigenvalue weighted by molar-refractivity contribution is 7.10. The fourth-order valence-electron chi connectivity index (χ4n) is 4.27. The number of fused-ring (bicyclic) bond motifs is 1. The van der Waals surface area contributed by atoms with Crippen LogP contribution in [0.25, 0.3) is 0 Å². The zero-order chi connectivity index (χ0) is 18.5. The zero-order valence-corrected chi connectivity index (χ0v) is 15.5. The van der Waals surface area contributed by atoms with Gasteiger partial charge < -0.3 is 14.9 Å². The van der Waals surface area contributed by atoms with Gasteiger partial charge in [-0.2, -0.15) is 0 Å². The molecule has 0 radical (unpaired) electrons. The van der Waals surface area contributed by atoms with Crippen molar-refractivity contribution in [2.24, 2.45) is 0 Å². The number of thiophene rings is 1. The van der Waals surface area contributed by atoms with Gasteiger partial charge in [0.2, 0.25) is 5.88 Å². The van der Waals surface area contributed by atoms with Gasteiger partial charge in [0.15, 0.2) is 5.78 Å². The Morgan fingerprint density at radius 1 is 1.22 bits per heavy atom. The van der Waals surface area contributed by atoms with E-state index in [0.717, 1.165) is 33.0 Å². The molecule has 0 spiro atoms. The van der Waals surface area contributed by atoms with Gasteiger partial charge in [-0.3, -0.25) is 4.79 Å². The van der Waals surface area contributed by atoms with Crippen LogP contribution >= 0.6 is 11.3 Å². The number of rotatable bonds is 2. The number of para-hydroxylation sites is 1. The third-order valence-corrected chi connectivity index (χ3v) is 6.40. The second-order valence-corrected chi connectivity index (χ2v) is 8.04. The number of phenols is 1. The SMILES string of the molecule is Cc1noc2c1C(c1cccs1)C1=C(CC(c3ccccc3O)CC1=O)N2. The molecule has 136 valence electrons. The van der Waals surface area contributed by atoms with Crippen molar-refractivity contribution in [3.8, 4) is 5.75 Å². The summed E-state index contributed by atoms with van der Waals surface area (Å²) in [6, 6.07) is 11.3. The Labute approximate surface area is 160 Å². The minimum absolute atomic E-state index is 0.0560.